The van der Waals surface area contributed by atoms with Gasteiger partial charge in [-0.3, -0.25) is 4.79 Å². The van der Waals surface area contributed by atoms with E-state index in [4.69, 9.17) is 4.74 Å². The molecule has 2 heterocycles. The van der Waals surface area contributed by atoms with Gasteiger partial charge in [0.25, 0.3) is 0 Å². The van der Waals surface area contributed by atoms with Crippen LogP contribution in [0, 0.1) is 0 Å². The summed E-state index contributed by atoms with van der Waals surface area (Å²) >= 11 is 1.05. The van der Waals surface area contributed by atoms with Gasteiger partial charge in [0.1, 0.15) is 0 Å². The molecule has 7 nitrogen and oxygen atoms in total. The van der Waals surface area contributed by atoms with Gasteiger partial charge in [-0.2, -0.15) is 0 Å². The Bertz CT molecular complexity index is 565. The van der Waals surface area contributed by atoms with Crippen molar-refractivity contribution in [2.24, 2.45) is 7.05 Å². The Balaban J connectivity index is 2.39. The molecule has 8 heteroatoms. The number of thioether (sulfide) groups is 1. The molecule has 0 aromatic carbocycles. The third-order valence-electron chi connectivity index (χ3n) is 3.71. The number of ether oxygens (including phenoxy) is 1. The molecule has 0 radical (unpaired) electrons. The molecule has 2 rings (SSSR count). The first kappa shape index (κ1) is 16.8. The Morgan fingerprint density at radius 2 is 1.86 bits per heavy atom. The van der Waals surface area contributed by atoms with Crippen molar-refractivity contribution in [3.05, 3.63) is 11.4 Å². The van der Waals surface area contributed by atoms with Crippen LogP contribution in [-0.2, 0) is 11.8 Å². The van der Waals surface area contributed by atoms with Crippen molar-refractivity contribution < 1.29 is 14.3 Å². The Kier molecular flexibility index (Phi) is 5.47. The second-order valence-electron chi connectivity index (χ2n) is 5.17. The van der Waals surface area contributed by atoms with Gasteiger partial charge >= 0.3 is 5.97 Å². The fourth-order valence-corrected chi connectivity index (χ4v) is 2.78. The monoisotopic (exact) mass is 326 g/mol. The summed E-state index contributed by atoms with van der Waals surface area (Å²) in [6.45, 7) is 5.49. The summed E-state index contributed by atoms with van der Waals surface area (Å²) in [6.07, 6.45) is 1.68. The van der Waals surface area contributed by atoms with Crippen LogP contribution < -0.4 is 4.90 Å². The second-order valence-corrected chi connectivity index (χ2v) is 5.95. The number of likely N-dealkylation sites (N-methyl/N-ethyl adjacent to an activating group) is 1. The van der Waals surface area contributed by atoms with Gasteiger partial charge in [0, 0.05) is 33.2 Å². The predicted molar refractivity (Wildman–Crippen MR) is 86.7 cm³/mol. The Morgan fingerprint density at radius 1 is 1.23 bits per heavy atom. The number of esters is 1. The van der Waals surface area contributed by atoms with Crippen molar-refractivity contribution in [3.63, 3.8) is 0 Å². The van der Waals surface area contributed by atoms with Crippen LogP contribution in [0.2, 0.25) is 0 Å². The first-order chi connectivity index (χ1) is 10.5. The number of carbonyl (C=O) groups is 2. The zero-order valence-electron chi connectivity index (χ0n) is 13.5. The van der Waals surface area contributed by atoms with E-state index in [1.165, 1.54) is 0 Å². The quantitative estimate of drug-likeness (QED) is 0.760. The Labute approximate surface area is 134 Å². The molecule has 1 aliphatic heterocycles. The van der Waals surface area contributed by atoms with Crippen LogP contribution in [0.3, 0.4) is 0 Å². The molecule has 0 saturated carbocycles. The number of rotatable bonds is 4. The lowest BCUT2D eigenvalue weighted by atomic mass is 10.3. The maximum atomic E-state index is 12.2. The summed E-state index contributed by atoms with van der Waals surface area (Å²) in [5.74, 6) is 0.142. The van der Waals surface area contributed by atoms with E-state index in [9.17, 15) is 9.59 Å². The average molecular weight is 326 g/mol. The summed E-state index contributed by atoms with van der Waals surface area (Å²) in [7, 11) is 3.83. The molecule has 1 aromatic heterocycles. The SMILES string of the molecule is CCOC(=O)c1c(C(=O)SC)nc(N2CCN(C)CC2)n1C. The molecular weight excluding hydrogens is 304 g/mol. The van der Waals surface area contributed by atoms with Gasteiger partial charge in [-0.1, -0.05) is 11.8 Å². The van der Waals surface area contributed by atoms with Crippen molar-refractivity contribution in [1.29, 1.82) is 0 Å². The number of aromatic nitrogens is 2. The maximum absolute atomic E-state index is 12.2. The Morgan fingerprint density at radius 3 is 2.41 bits per heavy atom. The van der Waals surface area contributed by atoms with Crippen molar-refractivity contribution >= 4 is 28.8 Å². The number of hydrogen-bond acceptors (Lipinski definition) is 7. The van der Waals surface area contributed by atoms with Gasteiger partial charge in [0.15, 0.2) is 11.4 Å². The van der Waals surface area contributed by atoms with Crippen LogP contribution in [0.4, 0.5) is 5.95 Å². The molecule has 1 fully saturated rings. The molecule has 0 bridgehead atoms. The second kappa shape index (κ2) is 7.15. The van der Waals surface area contributed by atoms with Crippen LogP contribution in [0.5, 0.6) is 0 Å². The highest BCUT2D eigenvalue weighted by Crippen LogP contribution is 2.23. The van der Waals surface area contributed by atoms with Crippen LogP contribution in [0.25, 0.3) is 0 Å². The molecule has 1 aromatic rings. The molecule has 0 aliphatic carbocycles. The molecule has 0 spiro atoms. The minimum atomic E-state index is -0.504. The largest absolute Gasteiger partial charge is 0.461 e. The summed E-state index contributed by atoms with van der Waals surface area (Å²) < 4.78 is 6.75. The van der Waals surface area contributed by atoms with Crippen molar-refractivity contribution in [1.82, 2.24) is 14.5 Å². The number of hydrogen-bond donors (Lipinski definition) is 0. The summed E-state index contributed by atoms with van der Waals surface area (Å²) in [4.78, 5) is 33.0. The molecule has 0 unspecified atom stereocenters. The van der Waals surface area contributed by atoms with Gasteiger partial charge in [-0.05, 0) is 20.2 Å². The minimum absolute atomic E-state index is 0.183. The number of imidazole rings is 1. The standard InChI is InChI=1S/C14H22N4O3S/c1-5-21-12(19)11-10(13(20)22-4)15-14(17(11)3)18-8-6-16(2)7-9-18/h5-9H2,1-4H3. The molecule has 1 saturated heterocycles. The number of piperazine rings is 1. The van der Waals surface area contributed by atoms with Gasteiger partial charge in [-0.25, -0.2) is 9.78 Å². The number of carbonyl (C=O) groups excluding carboxylic acids is 2. The lowest BCUT2D eigenvalue weighted by molar-refractivity contribution is 0.0512. The number of anilines is 1. The third kappa shape index (κ3) is 3.27. The Hall–Kier alpha value is -1.54. The topological polar surface area (TPSA) is 67.7 Å². The molecule has 122 valence electrons. The minimum Gasteiger partial charge on any atom is -0.461 e. The van der Waals surface area contributed by atoms with E-state index in [1.807, 2.05) is 0 Å². The lowest BCUT2D eigenvalue weighted by Crippen LogP contribution is -2.45. The van der Waals surface area contributed by atoms with E-state index in [2.05, 4.69) is 21.8 Å². The van der Waals surface area contributed by atoms with Crippen molar-refractivity contribution in [2.75, 3.05) is 51.0 Å². The number of nitrogens with zero attached hydrogens (tertiary/aromatic N) is 4. The molecule has 0 atom stereocenters. The fraction of sp³-hybridized carbons (Fsp3) is 0.643. The lowest BCUT2D eigenvalue weighted by Gasteiger charge is -2.33. The summed E-state index contributed by atoms with van der Waals surface area (Å²) in [5.41, 5.74) is 0.414. The van der Waals surface area contributed by atoms with Crippen molar-refractivity contribution in [3.8, 4) is 0 Å². The summed E-state index contributed by atoms with van der Waals surface area (Å²) in [6, 6.07) is 0. The van der Waals surface area contributed by atoms with E-state index < -0.39 is 5.97 Å². The average Bonchev–Trinajstić information content (AvgIpc) is 2.85. The summed E-state index contributed by atoms with van der Waals surface area (Å²) in [5, 5.41) is -0.223. The van der Waals surface area contributed by atoms with Gasteiger partial charge in [0.05, 0.1) is 6.61 Å². The highest BCUT2D eigenvalue weighted by molar-refractivity contribution is 8.13. The molecule has 1 aliphatic rings. The highest BCUT2D eigenvalue weighted by atomic mass is 32.2. The maximum Gasteiger partial charge on any atom is 0.357 e. The first-order valence-electron chi connectivity index (χ1n) is 7.25. The van der Waals surface area contributed by atoms with E-state index in [-0.39, 0.29) is 23.1 Å². The van der Waals surface area contributed by atoms with Crippen LogP contribution in [0.1, 0.15) is 27.9 Å². The normalized spacial score (nSPS) is 15.9. The van der Waals surface area contributed by atoms with E-state index in [0.717, 1.165) is 37.9 Å². The van der Waals surface area contributed by atoms with E-state index in [0.29, 0.717) is 5.95 Å². The van der Waals surface area contributed by atoms with Crippen LogP contribution in [0.15, 0.2) is 0 Å². The highest BCUT2D eigenvalue weighted by Gasteiger charge is 2.29. The van der Waals surface area contributed by atoms with Crippen LogP contribution >= 0.6 is 11.8 Å². The van der Waals surface area contributed by atoms with E-state index in [1.54, 1.807) is 24.8 Å². The van der Waals surface area contributed by atoms with Gasteiger partial charge in [0.2, 0.25) is 11.1 Å². The van der Waals surface area contributed by atoms with Crippen molar-refractivity contribution in [2.45, 2.75) is 6.92 Å². The molecule has 22 heavy (non-hydrogen) atoms. The first-order valence-corrected chi connectivity index (χ1v) is 8.47. The zero-order chi connectivity index (χ0) is 16.3. The van der Waals surface area contributed by atoms with Gasteiger partial charge < -0.3 is 19.1 Å². The molecular formula is C14H22N4O3S. The van der Waals surface area contributed by atoms with E-state index >= 15 is 0 Å². The van der Waals surface area contributed by atoms with Gasteiger partial charge in [-0.15, -0.1) is 0 Å². The predicted octanol–water partition coefficient (Wildman–Crippen LogP) is 0.852. The third-order valence-corrected chi connectivity index (χ3v) is 4.27. The molecule has 0 N–H and O–H groups in total. The van der Waals surface area contributed by atoms with Crippen LogP contribution in [-0.4, -0.2) is 71.6 Å². The smallest absolute Gasteiger partial charge is 0.357 e. The zero-order valence-corrected chi connectivity index (χ0v) is 14.3. The molecule has 0 amide bonds. The fourth-order valence-electron chi connectivity index (χ4n) is 2.45.